The van der Waals surface area contributed by atoms with E-state index in [1.165, 1.54) is 19.4 Å². The Kier molecular flexibility index (Phi) is 8.27. The summed E-state index contributed by atoms with van der Waals surface area (Å²) in [5.41, 5.74) is 6.31. The predicted molar refractivity (Wildman–Crippen MR) is 90.4 cm³/mol. The molecule has 134 valence electrons. The van der Waals surface area contributed by atoms with Crippen molar-refractivity contribution < 1.29 is 19.5 Å². The maximum Gasteiger partial charge on any atom is 0.326 e. The van der Waals surface area contributed by atoms with Gasteiger partial charge in [0.15, 0.2) is 0 Å². The van der Waals surface area contributed by atoms with Gasteiger partial charge in [-0.05, 0) is 25.4 Å². The lowest BCUT2D eigenvalue weighted by molar-refractivity contribution is -0.142. The molecule has 2 amide bonds. The van der Waals surface area contributed by atoms with Crippen LogP contribution in [0, 0.1) is 0 Å². The Balaban J connectivity index is 2.54. The molecular formula is C14H23N5O4S. The van der Waals surface area contributed by atoms with Crippen molar-refractivity contribution in [3.63, 3.8) is 0 Å². The molecule has 0 saturated heterocycles. The molecular weight excluding hydrogens is 334 g/mol. The normalized spacial score (nSPS) is 14.5. The number of rotatable bonds is 10. The van der Waals surface area contributed by atoms with Crippen LogP contribution in [0.2, 0.25) is 0 Å². The van der Waals surface area contributed by atoms with E-state index in [2.05, 4.69) is 20.6 Å². The minimum Gasteiger partial charge on any atom is -0.480 e. The zero-order valence-electron chi connectivity index (χ0n) is 13.6. The number of imidazole rings is 1. The van der Waals surface area contributed by atoms with E-state index in [4.69, 9.17) is 5.73 Å². The second-order valence-electron chi connectivity index (χ2n) is 5.30. The van der Waals surface area contributed by atoms with Gasteiger partial charge in [-0.1, -0.05) is 0 Å². The Hall–Kier alpha value is -2.07. The number of nitrogens with two attached hydrogens (primary N) is 1. The first-order valence-corrected chi connectivity index (χ1v) is 8.79. The molecule has 10 heteroatoms. The lowest BCUT2D eigenvalue weighted by Gasteiger charge is -2.20. The quantitative estimate of drug-likeness (QED) is 0.364. The van der Waals surface area contributed by atoms with Crippen molar-refractivity contribution >= 4 is 29.5 Å². The van der Waals surface area contributed by atoms with Crippen molar-refractivity contribution in [2.45, 2.75) is 37.9 Å². The number of carboxylic acid groups (broad SMARTS) is 1. The van der Waals surface area contributed by atoms with Crippen LogP contribution in [0.5, 0.6) is 0 Å². The number of amides is 2. The van der Waals surface area contributed by atoms with Gasteiger partial charge in [0.1, 0.15) is 12.1 Å². The number of aromatic nitrogens is 2. The number of nitrogens with zero attached hydrogens (tertiary/aromatic N) is 1. The molecule has 0 radical (unpaired) electrons. The molecule has 3 atom stereocenters. The number of hydrogen-bond acceptors (Lipinski definition) is 6. The maximum atomic E-state index is 12.1. The van der Waals surface area contributed by atoms with E-state index in [-0.39, 0.29) is 6.42 Å². The molecule has 0 unspecified atom stereocenters. The Labute approximate surface area is 144 Å². The van der Waals surface area contributed by atoms with E-state index < -0.39 is 35.9 Å². The lowest BCUT2D eigenvalue weighted by atomic mass is 10.1. The average Bonchev–Trinajstić information content (AvgIpc) is 3.04. The largest absolute Gasteiger partial charge is 0.480 e. The van der Waals surface area contributed by atoms with E-state index in [9.17, 15) is 19.5 Å². The Morgan fingerprint density at radius 3 is 2.62 bits per heavy atom. The van der Waals surface area contributed by atoms with Crippen molar-refractivity contribution in [1.29, 1.82) is 0 Å². The highest BCUT2D eigenvalue weighted by Crippen LogP contribution is 2.01. The Bertz CT molecular complexity index is 551. The number of carboxylic acids is 1. The van der Waals surface area contributed by atoms with Crippen LogP contribution in [0.1, 0.15) is 19.0 Å². The molecule has 0 aliphatic carbocycles. The summed E-state index contributed by atoms with van der Waals surface area (Å²) < 4.78 is 0. The van der Waals surface area contributed by atoms with Crippen LogP contribution >= 0.6 is 11.8 Å². The van der Waals surface area contributed by atoms with E-state index in [0.29, 0.717) is 12.1 Å². The third-order valence-electron chi connectivity index (χ3n) is 3.32. The van der Waals surface area contributed by atoms with Gasteiger partial charge in [0.2, 0.25) is 11.8 Å². The van der Waals surface area contributed by atoms with E-state index >= 15 is 0 Å². The fourth-order valence-electron chi connectivity index (χ4n) is 1.87. The Morgan fingerprint density at radius 2 is 2.08 bits per heavy atom. The van der Waals surface area contributed by atoms with Gasteiger partial charge >= 0.3 is 5.97 Å². The fourth-order valence-corrected chi connectivity index (χ4v) is 2.36. The summed E-state index contributed by atoms with van der Waals surface area (Å²) in [7, 11) is 0. The fraction of sp³-hybridized carbons (Fsp3) is 0.571. The molecule has 0 aliphatic rings. The van der Waals surface area contributed by atoms with Crippen molar-refractivity contribution in [2.75, 3.05) is 12.0 Å². The molecule has 1 rings (SSSR count). The number of carbonyl (C=O) groups is 3. The highest BCUT2D eigenvalue weighted by atomic mass is 32.2. The molecule has 1 aromatic rings. The molecule has 1 heterocycles. The van der Waals surface area contributed by atoms with Gasteiger partial charge < -0.3 is 26.5 Å². The van der Waals surface area contributed by atoms with Crippen LogP contribution in [-0.4, -0.2) is 63.0 Å². The first-order chi connectivity index (χ1) is 11.3. The summed E-state index contributed by atoms with van der Waals surface area (Å²) >= 11 is 1.57. The van der Waals surface area contributed by atoms with Crippen molar-refractivity contribution in [3.8, 4) is 0 Å². The van der Waals surface area contributed by atoms with E-state index in [1.807, 2.05) is 6.26 Å². The molecule has 0 fully saturated rings. The highest BCUT2D eigenvalue weighted by molar-refractivity contribution is 7.98. The van der Waals surface area contributed by atoms with Gasteiger partial charge in [-0.3, -0.25) is 9.59 Å². The van der Waals surface area contributed by atoms with Crippen LogP contribution in [0.15, 0.2) is 12.5 Å². The van der Waals surface area contributed by atoms with Gasteiger partial charge in [0.05, 0.1) is 12.4 Å². The van der Waals surface area contributed by atoms with Gasteiger partial charge in [-0.25, -0.2) is 9.78 Å². The molecule has 0 saturated carbocycles. The first-order valence-electron chi connectivity index (χ1n) is 7.40. The number of nitrogens with one attached hydrogen (secondary N) is 3. The van der Waals surface area contributed by atoms with Gasteiger partial charge in [-0.2, -0.15) is 11.8 Å². The highest BCUT2D eigenvalue weighted by Gasteiger charge is 2.25. The number of aromatic amines is 1. The van der Waals surface area contributed by atoms with Gasteiger partial charge in [-0.15, -0.1) is 0 Å². The second kappa shape index (κ2) is 9.93. The summed E-state index contributed by atoms with van der Waals surface area (Å²) in [5.74, 6) is -1.46. The number of thioether (sulfide) groups is 1. The number of hydrogen-bond donors (Lipinski definition) is 5. The van der Waals surface area contributed by atoms with Crippen LogP contribution in [0.25, 0.3) is 0 Å². The second-order valence-corrected chi connectivity index (χ2v) is 6.28. The molecule has 0 bridgehead atoms. The molecule has 0 aromatic carbocycles. The standard InChI is InChI=1S/C14H23N5O4S/c1-8(18-13(21)10(15)3-4-24-2)12(20)19-11(14(22)23)5-9-6-16-7-17-9/h6-8,10-11H,3-5,15H2,1-2H3,(H,16,17)(H,18,21)(H,19,20)(H,22,23)/t8-,10-,11-/m0/s1. The summed E-state index contributed by atoms with van der Waals surface area (Å²) in [6.45, 7) is 1.48. The first kappa shape index (κ1) is 20.0. The predicted octanol–water partition coefficient (Wildman–Crippen LogP) is -0.893. The third-order valence-corrected chi connectivity index (χ3v) is 3.96. The number of carbonyl (C=O) groups excluding carboxylic acids is 2. The molecule has 24 heavy (non-hydrogen) atoms. The van der Waals surface area contributed by atoms with Crippen LogP contribution in [0.4, 0.5) is 0 Å². The molecule has 0 spiro atoms. The van der Waals surface area contributed by atoms with E-state index in [1.54, 1.807) is 11.8 Å². The summed E-state index contributed by atoms with van der Waals surface area (Å²) in [4.78, 5) is 41.8. The molecule has 6 N–H and O–H groups in total. The van der Waals surface area contributed by atoms with Crippen LogP contribution in [-0.2, 0) is 20.8 Å². The van der Waals surface area contributed by atoms with Gasteiger partial charge in [0.25, 0.3) is 0 Å². The topological polar surface area (TPSA) is 150 Å². The number of aliphatic carboxylic acids is 1. The summed E-state index contributed by atoms with van der Waals surface area (Å²) in [6.07, 6.45) is 5.38. The average molecular weight is 357 g/mol. The third kappa shape index (κ3) is 6.59. The van der Waals surface area contributed by atoms with Crippen molar-refractivity contribution in [1.82, 2.24) is 20.6 Å². The Morgan fingerprint density at radius 1 is 1.38 bits per heavy atom. The van der Waals surface area contributed by atoms with Crippen LogP contribution < -0.4 is 16.4 Å². The molecule has 0 aliphatic heterocycles. The monoisotopic (exact) mass is 357 g/mol. The summed E-state index contributed by atoms with van der Waals surface area (Å²) in [5, 5.41) is 14.1. The smallest absolute Gasteiger partial charge is 0.326 e. The number of H-pyrrole nitrogens is 1. The van der Waals surface area contributed by atoms with Crippen LogP contribution in [0.3, 0.4) is 0 Å². The van der Waals surface area contributed by atoms with Crippen molar-refractivity contribution in [3.05, 3.63) is 18.2 Å². The molecule has 1 aromatic heterocycles. The minimum absolute atomic E-state index is 0.0645. The summed E-state index contributed by atoms with van der Waals surface area (Å²) in [6, 6.07) is -2.71. The molecule has 9 nitrogen and oxygen atoms in total. The zero-order chi connectivity index (χ0) is 18.1. The maximum absolute atomic E-state index is 12.1. The SMILES string of the molecule is CSCC[C@H](N)C(=O)N[C@@H](C)C(=O)N[C@@H](Cc1cnc[nH]1)C(=O)O. The zero-order valence-corrected chi connectivity index (χ0v) is 14.4. The lowest BCUT2D eigenvalue weighted by Crippen LogP contribution is -2.53. The van der Waals surface area contributed by atoms with E-state index in [0.717, 1.165) is 5.75 Å². The van der Waals surface area contributed by atoms with Crippen molar-refractivity contribution in [2.24, 2.45) is 5.73 Å². The minimum atomic E-state index is -1.17. The van der Waals surface area contributed by atoms with Gasteiger partial charge in [0, 0.05) is 18.3 Å².